The Balaban J connectivity index is 1.83. The Hall–Kier alpha value is -1.51. The van der Waals surface area contributed by atoms with E-state index in [0.29, 0.717) is 36.0 Å². The van der Waals surface area contributed by atoms with Gasteiger partial charge in [0.05, 0.1) is 19.0 Å². The predicted molar refractivity (Wildman–Crippen MR) is 104 cm³/mol. The Kier molecular flexibility index (Phi) is 8.66. The van der Waals surface area contributed by atoms with Crippen molar-refractivity contribution in [1.29, 1.82) is 0 Å². The van der Waals surface area contributed by atoms with Crippen LogP contribution in [0, 0.1) is 41.4 Å². The van der Waals surface area contributed by atoms with E-state index < -0.39 is 6.10 Å². The van der Waals surface area contributed by atoms with Crippen molar-refractivity contribution in [2.45, 2.75) is 58.5 Å². The molecule has 0 bridgehead atoms. The number of aliphatic hydroxyl groups excluding tert-OH is 2. The van der Waals surface area contributed by atoms with Crippen molar-refractivity contribution in [3.63, 3.8) is 0 Å². The molecule has 152 valence electrons. The molecule has 6 atom stereocenters. The lowest BCUT2D eigenvalue weighted by Crippen LogP contribution is -2.22. The Morgan fingerprint density at radius 3 is 2.81 bits per heavy atom. The third kappa shape index (κ3) is 6.26. The van der Waals surface area contributed by atoms with E-state index in [9.17, 15) is 15.0 Å². The molecule has 2 rings (SSSR count). The predicted octanol–water partition coefficient (Wildman–Crippen LogP) is 3.47. The van der Waals surface area contributed by atoms with Crippen molar-refractivity contribution >= 4 is 5.97 Å². The molecule has 5 heteroatoms. The van der Waals surface area contributed by atoms with Gasteiger partial charge < -0.3 is 19.7 Å². The van der Waals surface area contributed by atoms with Crippen LogP contribution in [0.4, 0.5) is 0 Å². The summed E-state index contributed by atoms with van der Waals surface area (Å²) in [4.78, 5) is 11.1. The second-order valence-electron chi connectivity index (χ2n) is 8.11. The molecule has 0 aliphatic heterocycles. The minimum absolute atomic E-state index is 0.00152. The zero-order valence-corrected chi connectivity index (χ0v) is 16.8. The molecule has 2 saturated carbocycles. The summed E-state index contributed by atoms with van der Waals surface area (Å²) < 4.78 is 9.93. The van der Waals surface area contributed by atoms with Crippen LogP contribution in [0.15, 0.2) is 11.8 Å². The second kappa shape index (κ2) is 10.7. The number of methoxy groups -OCH3 is 1. The van der Waals surface area contributed by atoms with E-state index in [1.54, 1.807) is 0 Å². The van der Waals surface area contributed by atoms with Gasteiger partial charge in [0.2, 0.25) is 0 Å². The Morgan fingerprint density at radius 2 is 2.11 bits per heavy atom. The lowest BCUT2D eigenvalue weighted by Gasteiger charge is -2.22. The standard InChI is InChI=1S/C22H34O5/c1-4-5-6-15(2)7-8-19(23)22-18-12-16(11-17(18)13-20(22)24)9-10-27-14-21(25)26-3/h8,15-18,20,22-24H,6-7,9-14H2,1-3H3/t15?,16-,17-,18-,20+,22-/m1/s1. The van der Waals surface area contributed by atoms with E-state index in [2.05, 4.69) is 23.5 Å². The smallest absolute Gasteiger partial charge is 0.331 e. The van der Waals surface area contributed by atoms with Gasteiger partial charge in [0.25, 0.3) is 0 Å². The number of carbonyl (C=O) groups is 1. The number of carbonyl (C=O) groups excluding carboxylic acids is 1. The Morgan fingerprint density at radius 1 is 1.33 bits per heavy atom. The maximum absolute atomic E-state index is 11.1. The highest BCUT2D eigenvalue weighted by Crippen LogP contribution is 2.52. The van der Waals surface area contributed by atoms with Crippen LogP contribution in [0.5, 0.6) is 0 Å². The van der Waals surface area contributed by atoms with Crippen molar-refractivity contribution in [3.8, 4) is 11.8 Å². The average Bonchev–Trinajstić information content (AvgIpc) is 3.16. The number of allylic oxidation sites excluding steroid dienone is 1. The SMILES string of the molecule is CC#CCC(C)CC=C(O)[C@H]1[C@@H]2C[C@H](CCOCC(=O)OC)C[C@@H]2C[C@@H]1O. The largest absolute Gasteiger partial charge is 0.512 e. The molecule has 2 fully saturated rings. The summed E-state index contributed by atoms with van der Waals surface area (Å²) in [6, 6.07) is 0. The van der Waals surface area contributed by atoms with Crippen LogP contribution in [-0.4, -0.2) is 42.6 Å². The Labute approximate surface area is 163 Å². The summed E-state index contributed by atoms with van der Waals surface area (Å²) in [5.74, 6) is 7.58. The van der Waals surface area contributed by atoms with E-state index in [0.717, 1.165) is 38.5 Å². The van der Waals surface area contributed by atoms with Crippen LogP contribution in [0.3, 0.4) is 0 Å². The molecule has 0 radical (unpaired) electrons. The van der Waals surface area contributed by atoms with Crippen LogP contribution in [-0.2, 0) is 14.3 Å². The number of esters is 1. The zero-order valence-electron chi connectivity index (χ0n) is 16.8. The lowest BCUT2D eigenvalue weighted by atomic mass is 9.87. The summed E-state index contributed by atoms with van der Waals surface area (Å²) in [6.45, 7) is 4.51. The summed E-state index contributed by atoms with van der Waals surface area (Å²) >= 11 is 0. The highest BCUT2D eigenvalue weighted by Gasteiger charge is 2.49. The summed E-state index contributed by atoms with van der Waals surface area (Å²) in [7, 11) is 1.35. The molecule has 0 aromatic carbocycles. The molecule has 0 amide bonds. The van der Waals surface area contributed by atoms with E-state index in [-0.39, 0.29) is 18.5 Å². The van der Waals surface area contributed by atoms with E-state index in [4.69, 9.17) is 4.74 Å². The van der Waals surface area contributed by atoms with Crippen LogP contribution in [0.25, 0.3) is 0 Å². The first-order valence-corrected chi connectivity index (χ1v) is 10.1. The van der Waals surface area contributed by atoms with Gasteiger partial charge in [-0.3, -0.25) is 0 Å². The van der Waals surface area contributed by atoms with Crippen LogP contribution >= 0.6 is 0 Å². The molecule has 0 aromatic rings. The molecule has 0 spiro atoms. The molecule has 2 aliphatic carbocycles. The van der Waals surface area contributed by atoms with Gasteiger partial charge in [0.1, 0.15) is 6.61 Å². The van der Waals surface area contributed by atoms with Crippen molar-refractivity contribution in [2.75, 3.05) is 20.3 Å². The summed E-state index contributed by atoms with van der Waals surface area (Å²) in [6.07, 6.45) is 6.80. The number of rotatable bonds is 9. The molecular weight excluding hydrogens is 344 g/mol. The number of fused-ring (bicyclic) bond motifs is 1. The lowest BCUT2D eigenvalue weighted by molar-refractivity contribution is -0.146. The van der Waals surface area contributed by atoms with Crippen LogP contribution in [0.2, 0.25) is 0 Å². The quantitative estimate of drug-likeness (QED) is 0.278. The minimum Gasteiger partial charge on any atom is -0.512 e. The van der Waals surface area contributed by atoms with Gasteiger partial charge in [-0.2, -0.15) is 0 Å². The van der Waals surface area contributed by atoms with Crippen molar-refractivity contribution in [2.24, 2.45) is 29.6 Å². The van der Waals surface area contributed by atoms with Gasteiger partial charge in [0, 0.05) is 18.9 Å². The number of aliphatic hydroxyl groups is 2. The monoisotopic (exact) mass is 378 g/mol. The molecule has 2 N–H and O–H groups in total. The van der Waals surface area contributed by atoms with Gasteiger partial charge >= 0.3 is 5.97 Å². The molecule has 5 nitrogen and oxygen atoms in total. The minimum atomic E-state index is -0.446. The topological polar surface area (TPSA) is 76.0 Å². The highest BCUT2D eigenvalue weighted by atomic mass is 16.6. The summed E-state index contributed by atoms with van der Waals surface area (Å²) in [5.41, 5.74) is 0. The molecule has 0 aromatic heterocycles. The van der Waals surface area contributed by atoms with Crippen molar-refractivity contribution < 1.29 is 24.5 Å². The van der Waals surface area contributed by atoms with E-state index in [1.807, 2.05) is 13.0 Å². The van der Waals surface area contributed by atoms with Gasteiger partial charge in [-0.15, -0.1) is 11.8 Å². The van der Waals surface area contributed by atoms with Gasteiger partial charge in [-0.1, -0.05) is 6.92 Å². The number of hydrogen-bond acceptors (Lipinski definition) is 5. The number of ether oxygens (including phenoxy) is 2. The zero-order chi connectivity index (χ0) is 19.8. The van der Waals surface area contributed by atoms with Crippen molar-refractivity contribution in [3.05, 3.63) is 11.8 Å². The molecule has 0 heterocycles. The van der Waals surface area contributed by atoms with Gasteiger partial charge in [0.15, 0.2) is 0 Å². The third-order valence-corrected chi connectivity index (χ3v) is 6.08. The van der Waals surface area contributed by atoms with Gasteiger partial charge in [-0.25, -0.2) is 4.79 Å². The summed E-state index contributed by atoms with van der Waals surface area (Å²) in [5, 5.41) is 21.1. The maximum atomic E-state index is 11.1. The third-order valence-electron chi connectivity index (χ3n) is 6.08. The average molecular weight is 379 g/mol. The fraction of sp³-hybridized carbons (Fsp3) is 0.773. The maximum Gasteiger partial charge on any atom is 0.331 e. The Bertz CT molecular complexity index is 573. The normalized spacial score (nSPS) is 31.1. The molecular formula is C22H34O5. The second-order valence-corrected chi connectivity index (χ2v) is 8.11. The number of hydrogen-bond donors (Lipinski definition) is 2. The van der Waals surface area contributed by atoms with Gasteiger partial charge in [-0.05, 0) is 68.8 Å². The fourth-order valence-corrected chi connectivity index (χ4v) is 4.66. The first-order valence-electron chi connectivity index (χ1n) is 10.1. The molecule has 27 heavy (non-hydrogen) atoms. The van der Waals surface area contributed by atoms with Crippen LogP contribution < -0.4 is 0 Å². The first kappa shape index (κ1) is 21.8. The molecule has 0 saturated heterocycles. The first-order chi connectivity index (χ1) is 13.0. The van der Waals surface area contributed by atoms with E-state index >= 15 is 0 Å². The van der Waals surface area contributed by atoms with Crippen LogP contribution in [0.1, 0.15) is 52.4 Å². The van der Waals surface area contributed by atoms with E-state index in [1.165, 1.54) is 7.11 Å². The highest BCUT2D eigenvalue weighted by molar-refractivity contribution is 5.70. The molecule has 2 aliphatic rings. The fourth-order valence-electron chi connectivity index (χ4n) is 4.66. The van der Waals surface area contributed by atoms with Crippen molar-refractivity contribution in [1.82, 2.24) is 0 Å². The molecule has 1 unspecified atom stereocenters.